The lowest BCUT2D eigenvalue weighted by atomic mass is 10.0. The Hall–Kier alpha value is -0.220. The van der Waals surface area contributed by atoms with Gasteiger partial charge in [-0.05, 0) is 12.8 Å². The van der Waals surface area contributed by atoms with Crippen LogP contribution in [0, 0.1) is 5.92 Å². The summed E-state index contributed by atoms with van der Waals surface area (Å²) in [7, 11) is 0. The second-order valence-electron chi connectivity index (χ2n) is 4.62. The molecule has 0 aromatic rings. The number of carbonyl (C=O) groups excluding carboxylic acids is 1. The van der Waals surface area contributed by atoms with Crippen LogP contribution in [0.4, 0.5) is 0 Å². The van der Waals surface area contributed by atoms with Crippen LogP contribution in [0.3, 0.4) is 0 Å². The van der Waals surface area contributed by atoms with Crippen molar-refractivity contribution in [1.82, 2.24) is 4.90 Å². The molecular weight excluding hydrogens is 208 g/mol. The largest absolute Gasteiger partial charge is 0.337 e. The van der Waals surface area contributed by atoms with Crippen LogP contribution in [0.15, 0.2) is 0 Å². The molecule has 3 unspecified atom stereocenters. The fourth-order valence-corrected chi connectivity index (χ4v) is 2.82. The molecule has 1 fully saturated rings. The van der Waals surface area contributed by atoms with Crippen LogP contribution in [-0.2, 0) is 4.79 Å². The maximum atomic E-state index is 12.1. The zero-order chi connectivity index (χ0) is 11.6. The van der Waals surface area contributed by atoms with Crippen LogP contribution < -0.4 is 5.73 Å². The molecule has 0 aromatic heterocycles. The SMILES string of the molecule is CC(C)C(N)C(=O)N1CCSC(C)C1C. The highest BCUT2D eigenvalue weighted by Gasteiger charge is 2.32. The highest BCUT2D eigenvalue weighted by molar-refractivity contribution is 8.00. The zero-order valence-corrected chi connectivity index (χ0v) is 10.9. The van der Waals surface area contributed by atoms with E-state index in [1.165, 1.54) is 0 Å². The minimum atomic E-state index is -0.345. The van der Waals surface area contributed by atoms with Gasteiger partial charge in [-0.25, -0.2) is 0 Å². The molecule has 1 saturated heterocycles. The Morgan fingerprint density at radius 2 is 2.07 bits per heavy atom. The number of thioether (sulfide) groups is 1. The van der Waals surface area contributed by atoms with Gasteiger partial charge in [0.1, 0.15) is 0 Å². The van der Waals surface area contributed by atoms with E-state index in [0.29, 0.717) is 11.3 Å². The number of amides is 1. The van der Waals surface area contributed by atoms with Crippen LogP contribution in [0.1, 0.15) is 27.7 Å². The number of hydrogen-bond acceptors (Lipinski definition) is 3. The maximum absolute atomic E-state index is 12.1. The summed E-state index contributed by atoms with van der Waals surface area (Å²) in [6, 6.07) is -0.0381. The van der Waals surface area contributed by atoms with Crippen molar-refractivity contribution >= 4 is 17.7 Å². The van der Waals surface area contributed by atoms with E-state index in [1.807, 2.05) is 30.5 Å². The molecule has 0 radical (unpaired) electrons. The van der Waals surface area contributed by atoms with E-state index in [2.05, 4.69) is 13.8 Å². The summed E-state index contributed by atoms with van der Waals surface area (Å²) in [4.78, 5) is 14.0. The Balaban J connectivity index is 2.66. The smallest absolute Gasteiger partial charge is 0.240 e. The van der Waals surface area contributed by atoms with Gasteiger partial charge in [-0.2, -0.15) is 11.8 Å². The van der Waals surface area contributed by atoms with Crippen LogP contribution in [0.25, 0.3) is 0 Å². The van der Waals surface area contributed by atoms with Crippen LogP contribution >= 0.6 is 11.8 Å². The molecule has 2 N–H and O–H groups in total. The summed E-state index contributed by atoms with van der Waals surface area (Å²) in [5.41, 5.74) is 5.90. The van der Waals surface area contributed by atoms with E-state index in [9.17, 15) is 4.79 Å². The Morgan fingerprint density at radius 3 is 2.60 bits per heavy atom. The summed E-state index contributed by atoms with van der Waals surface area (Å²) >= 11 is 1.93. The van der Waals surface area contributed by atoms with Gasteiger partial charge in [0.15, 0.2) is 0 Å². The molecular formula is C11H22N2OS. The lowest BCUT2D eigenvalue weighted by Gasteiger charge is -2.39. The molecule has 0 aliphatic carbocycles. The fourth-order valence-electron chi connectivity index (χ4n) is 1.72. The highest BCUT2D eigenvalue weighted by atomic mass is 32.2. The zero-order valence-electron chi connectivity index (χ0n) is 10.1. The average Bonchev–Trinajstić information content (AvgIpc) is 2.20. The van der Waals surface area contributed by atoms with Crippen molar-refractivity contribution < 1.29 is 4.79 Å². The Kier molecular flexibility index (Phi) is 4.46. The number of carbonyl (C=O) groups is 1. The van der Waals surface area contributed by atoms with Gasteiger partial charge in [0.05, 0.1) is 6.04 Å². The maximum Gasteiger partial charge on any atom is 0.240 e. The van der Waals surface area contributed by atoms with Gasteiger partial charge in [-0.3, -0.25) is 4.79 Å². The first kappa shape index (κ1) is 12.8. The van der Waals surface area contributed by atoms with Crippen molar-refractivity contribution in [1.29, 1.82) is 0 Å². The molecule has 88 valence electrons. The number of rotatable bonds is 2. The van der Waals surface area contributed by atoms with Gasteiger partial charge in [0.25, 0.3) is 0 Å². The van der Waals surface area contributed by atoms with Crippen molar-refractivity contribution in [2.45, 2.75) is 45.0 Å². The van der Waals surface area contributed by atoms with Crippen molar-refractivity contribution in [2.24, 2.45) is 11.7 Å². The minimum Gasteiger partial charge on any atom is -0.337 e. The van der Waals surface area contributed by atoms with Gasteiger partial charge >= 0.3 is 0 Å². The number of nitrogens with zero attached hydrogens (tertiary/aromatic N) is 1. The average molecular weight is 230 g/mol. The predicted molar refractivity (Wildman–Crippen MR) is 65.9 cm³/mol. The third-order valence-corrected chi connectivity index (χ3v) is 4.51. The van der Waals surface area contributed by atoms with E-state index in [1.54, 1.807) is 0 Å². The Morgan fingerprint density at radius 1 is 1.47 bits per heavy atom. The molecule has 15 heavy (non-hydrogen) atoms. The molecule has 0 bridgehead atoms. The number of nitrogens with two attached hydrogens (primary N) is 1. The molecule has 0 saturated carbocycles. The van der Waals surface area contributed by atoms with Crippen LogP contribution in [-0.4, -0.2) is 40.4 Å². The van der Waals surface area contributed by atoms with Crippen molar-refractivity contribution in [3.63, 3.8) is 0 Å². The van der Waals surface area contributed by atoms with Crippen molar-refractivity contribution in [3.8, 4) is 0 Å². The summed E-state index contributed by atoms with van der Waals surface area (Å²) in [6.45, 7) is 9.12. The molecule has 0 aromatic carbocycles. The summed E-state index contributed by atoms with van der Waals surface area (Å²) < 4.78 is 0. The van der Waals surface area contributed by atoms with E-state index in [4.69, 9.17) is 5.73 Å². The van der Waals surface area contributed by atoms with Crippen LogP contribution in [0.5, 0.6) is 0 Å². The molecule has 1 aliphatic rings. The van der Waals surface area contributed by atoms with Crippen LogP contribution in [0.2, 0.25) is 0 Å². The predicted octanol–water partition coefficient (Wildman–Crippen LogP) is 1.32. The highest BCUT2D eigenvalue weighted by Crippen LogP contribution is 2.25. The van der Waals surface area contributed by atoms with Gasteiger partial charge in [-0.1, -0.05) is 20.8 Å². The first-order chi connectivity index (χ1) is 6.95. The van der Waals surface area contributed by atoms with Crippen molar-refractivity contribution in [2.75, 3.05) is 12.3 Å². The Labute approximate surface area is 96.8 Å². The third-order valence-electron chi connectivity index (χ3n) is 3.17. The molecule has 3 nitrogen and oxygen atoms in total. The van der Waals surface area contributed by atoms with E-state index in [-0.39, 0.29) is 17.9 Å². The standard InChI is InChI=1S/C11H22N2OS/c1-7(2)10(12)11(14)13-5-6-15-9(4)8(13)3/h7-10H,5-6,12H2,1-4H3. The second kappa shape index (κ2) is 5.21. The molecule has 1 aliphatic heterocycles. The minimum absolute atomic E-state index is 0.115. The van der Waals surface area contributed by atoms with Gasteiger partial charge in [0, 0.05) is 23.6 Å². The first-order valence-corrected chi connectivity index (χ1v) is 6.67. The topological polar surface area (TPSA) is 46.3 Å². The van der Waals surface area contributed by atoms with Gasteiger partial charge in [0.2, 0.25) is 5.91 Å². The van der Waals surface area contributed by atoms with Gasteiger partial charge < -0.3 is 10.6 Å². The lowest BCUT2D eigenvalue weighted by molar-refractivity contribution is -0.135. The third kappa shape index (κ3) is 2.88. The lowest BCUT2D eigenvalue weighted by Crippen LogP contribution is -2.54. The first-order valence-electron chi connectivity index (χ1n) is 5.62. The molecule has 1 amide bonds. The molecule has 4 heteroatoms. The summed E-state index contributed by atoms with van der Waals surface area (Å²) in [5, 5.41) is 0.516. The summed E-state index contributed by atoms with van der Waals surface area (Å²) in [6.07, 6.45) is 0. The second-order valence-corrected chi connectivity index (χ2v) is 6.10. The van der Waals surface area contributed by atoms with E-state index < -0.39 is 0 Å². The normalized spacial score (nSPS) is 29.3. The van der Waals surface area contributed by atoms with Gasteiger partial charge in [-0.15, -0.1) is 0 Å². The molecule has 0 spiro atoms. The van der Waals surface area contributed by atoms with E-state index in [0.717, 1.165) is 12.3 Å². The van der Waals surface area contributed by atoms with Crippen molar-refractivity contribution in [3.05, 3.63) is 0 Å². The van der Waals surface area contributed by atoms with E-state index >= 15 is 0 Å². The quantitative estimate of drug-likeness (QED) is 0.778. The number of hydrogen-bond donors (Lipinski definition) is 1. The molecule has 1 heterocycles. The summed E-state index contributed by atoms with van der Waals surface area (Å²) in [5.74, 6) is 1.36. The fraction of sp³-hybridized carbons (Fsp3) is 0.909. The molecule has 3 atom stereocenters. The Bertz CT molecular complexity index is 233. The molecule has 1 rings (SSSR count). The monoisotopic (exact) mass is 230 g/mol.